The van der Waals surface area contributed by atoms with Crippen molar-refractivity contribution in [1.29, 1.82) is 0 Å². The first-order valence-corrected chi connectivity index (χ1v) is 6.89. The number of hydrogen-bond acceptors (Lipinski definition) is 3. The second kappa shape index (κ2) is 4.82. The Kier molecular flexibility index (Phi) is 3.18. The van der Waals surface area contributed by atoms with Gasteiger partial charge in [-0.2, -0.15) is 5.10 Å². The quantitative estimate of drug-likeness (QED) is 0.928. The minimum atomic E-state index is 0.0884. The van der Waals surface area contributed by atoms with E-state index in [2.05, 4.69) is 26.0 Å². The molecule has 0 bridgehead atoms. The first-order chi connectivity index (χ1) is 8.78. The van der Waals surface area contributed by atoms with Crippen LogP contribution in [-0.2, 0) is 6.42 Å². The molecular weight excluding hydrogens is 294 g/mol. The molecule has 0 aliphatic carbocycles. The molecule has 1 atom stereocenters. The molecule has 0 saturated carbocycles. The van der Waals surface area contributed by atoms with Gasteiger partial charge in [0.05, 0.1) is 12.6 Å². The number of nitrogens with zero attached hydrogens (tertiary/aromatic N) is 3. The summed E-state index contributed by atoms with van der Waals surface area (Å²) in [4.78, 5) is 4.57. The summed E-state index contributed by atoms with van der Waals surface area (Å²) in [5, 5.41) is 13.9. The number of halogens is 1. The zero-order chi connectivity index (χ0) is 12.5. The van der Waals surface area contributed by atoms with Gasteiger partial charge < -0.3 is 5.11 Å². The molecule has 0 fully saturated rings. The molecule has 1 aliphatic rings. The normalized spacial score (nSPS) is 18.7. The van der Waals surface area contributed by atoms with E-state index in [9.17, 15) is 5.11 Å². The van der Waals surface area contributed by atoms with Gasteiger partial charge in [-0.05, 0) is 25.0 Å². The summed E-state index contributed by atoms with van der Waals surface area (Å²) < 4.78 is 2.93. The van der Waals surface area contributed by atoms with E-state index in [0.29, 0.717) is 0 Å². The summed E-state index contributed by atoms with van der Waals surface area (Å²) in [7, 11) is 0. The maximum Gasteiger partial charge on any atom is 0.181 e. The predicted molar refractivity (Wildman–Crippen MR) is 72.2 cm³/mol. The number of aromatic nitrogens is 3. The summed E-state index contributed by atoms with van der Waals surface area (Å²) in [6, 6.07) is 8.06. The summed E-state index contributed by atoms with van der Waals surface area (Å²) in [5.41, 5.74) is 1.01. The van der Waals surface area contributed by atoms with Crippen LogP contribution < -0.4 is 0 Å². The maximum absolute atomic E-state index is 9.36. The van der Waals surface area contributed by atoms with Crippen LogP contribution in [0.3, 0.4) is 0 Å². The summed E-state index contributed by atoms with van der Waals surface area (Å²) >= 11 is 3.42. The molecule has 4 nitrogen and oxygen atoms in total. The van der Waals surface area contributed by atoms with Gasteiger partial charge in [0.1, 0.15) is 5.82 Å². The van der Waals surface area contributed by atoms with Crippen molar-refractivity contribution in [2.45, 2.75) is 25.3 Å². The molecule has 0 saturated heterocycles. The first-order valence-electron chi connectivity index (χ1n) is 6.10. The fraction of sp³-hybridized carbons (Fsp3) is 0.385. The van der Waals surface area contributed by atoms with Gasteiger partial charge >= 0.3 is 0 Å². The third-order valence-electron chi connectivity index (χ3n) is 3.30. The highest BCUT2D eigenvalue weighted by Gasteiger charge is 2.22. The lowest BCUT2D eigenvalue weighted by Gasteiger charge is -2.20. The highest BCUT2D eigenvalue weighted by molar-refractivity contribution is 9.10. The molecule has 0 spiro atoms. The summed E-state index contributed by atoms with van der Waals surface area (Å²) in [6.45, 7) is 0.135. The van der Waals surface area contributed by atoms with Crippen molar-refractivity contribution in [3.8, 4) is 11.4 Å². The average Bonchev–Trinajstić information content (AvgIpc) is 2.83. The topological polar surface area (TPSA) is 50.9 Å². The van der Waals surface area contributed by atoms with Crippen LogP contribution in [-0.4, -0.2) is 26.5 Å². The molecule has 18 heavy (non-hydrogen) atoms. The number of fused-ring (bicyclic) bond motifs is 1. The molecule has 0 amide bonds. The molecule has 2 heterocycles. The van der Waals surface area contributed by atoms with E-state index < -0.39 is 0 Å². The van der Waals surface area contributed by atoms with Gasteiger partial charge in [0.25, 0.3) is 0 Å². The number of aliphatic hydroxyl groups excluding tert-OH is 1. The van der Waals surface area contributed by atoms with Gasteiger partial charge in [0.2, 0.25) is 0 Å². The van der Waals surface area contributed by atoms with E-state index in [-0.39, 0.29) is 12.6 Å². The Morgan fingerprint density at radius 2 is 2.11 bits per heavy atom. The van der Waals surface area contributed by atoms with E-state index in [0.717, 1.165) is 40.9 Å². The molecule has 1 aliphatic heterocycles. The molecule has 0 radical (unpaired) electrons. The second-order valence-corrected chi connectivity index (χ2v) is 5.45. The Morgan fingerprint density at radius 1 is 1.33 bits per heavy atom. The minimum Gasteiger partial charge on any atom is -0.394 e. The van der Waals surface area contributed by atoms with Gasteiger partial charge in [-0.3, -0.25) is 0 Å². The lowest BCUT2D eigenvalue weighted by molar-refractivity contribution is 0.195. The average molecular weight is 308 g/mol. The van der Waals surface area contributed by atoms with E-state index in [1.165, 1.54) is 0 Å². The van der Waals surface area contributed by atoms with Crippen LogP contribution in [0.5, 0.6) is 0 Å². The summed E-state index contributed by atoms with van der Waals surface area (Å²) in [5.74, 6) is 1.73. The Hall–Kier alpha value is -1.20. The van der Waals surface area contributed by atoms with Crippen molar-refractivity contribution in [2.24, 2.45) is 0 Å². The lowest BCUT2D eigenvalue weighted by atomic mass is 10.1. The number of benzene rings is 1. The Morgan fingerprint density at radius 3 is 2.83 bits per heavy atom. The molecule has 3 rings (SSSR count). The van der Waals surface area contributed by atoms with Gasteiger partial charge in [-0.1, -0.05) is 28.1 Å². The molecule has 1 unspecified atom stereocenters. The monoisotopic (exact) mass is 307 g/mol. The number of rotatable bonds is 2. The molecule has 1 N–H and O–H groups in total. The zero-order valence-corrected chi connectivity index (χ0v) is 11.5. The highest BCUT2D eigenvalue weighted by Crippen LogP contribution is 2.26. The molecule has 1 aromatic heterocycles. The Balaban J connectivity index is 1.99. The van der Waals surface area contributed by atoms with Crippen LogP contribution in [0.4, 0.5) is 0 Å². The van der Waals surface area contributed by atoms with Crippen LogP contribution in [0.2, 0.25) is 0 Å². The zero-order valence-electron chi connectivity index (χ0n) is 9.88. The molecule has 5 heteroatoms. The standard InChI is InChI=1S/C13H14BrN3O/c14-10-6-4-9(5-7-10)13-15-12-3-1-2-11(8-18)17(12)16-13/h4-7,11,18H,1-3,8H2. The smallest absolute Gasteiger partial charge is 0.181 e. The van der Waals surface area contributed by atoms with Crippen LogP contribution in [0.1, 0.15) is 24.7 Å². The van der Waals surface area contributed by atoms with Crippen LogP contribution in [0.25, 0.3) is 11.4 Å². The van der Waals surface area contributed by atoms with Gasteiger partial charge in [-0.15, -0.1) is 0 Å². The molecule has 1 aromatic carbocycles. The van der Waals surface area contributed by atoms with E-state index in [1.807, 2.05) is 28.9 Å². The molecule has 2 aromatic rings. The van der Waals surface area contributed by atoms with E-state index in [1.54, 1.807) is 0 Å². The van der Waals surface area contributed by atoms with Crippen LogP contribution in [0, 0.1) is 0 Å². The van der Waals surface area contributed by atoms with Crippen molar-refractivity contribution in [3.63, 3.8) is 0 Å². The summed E-state index contributed by atoms with van der Waals surface area (Å²) in [6.07, 6.45) is 3.00. The minimum absolute atomic E-state index is 0.0884. The SMILES string of the molecule is OCC1CCCc2nc(-c3ccc(Br)cc3)nn21. The second-order valence-electron chi connectivity index (χ2n) is 4.53. The van der Waals surface area contributed by atoms with Crippen molar-refractivity contribution in [2.75, 3.05) is 6.61 Å². The fourth-order valence-corrected chi connectivity index (χ4v) is 2.59. The highest BCUT2D eigenvalue weighted by atomic mass is 79.9. The largest absolute Gasteiger partial charge is 0.394 e. The van der Waals surface area contributed by atoms with Crippen molar-refractivity contribution in [1.82, 2.24) is 14.8 Å². The van der Waals surface area contributed by atoms with Crippen molar-refractivity contribution < 1.29 is 5.11 Å². The van der Waals surface area contributed by atoms with Crippen molar-refractivity contribution in [3.05, 3.63) is 34.6 Å². The van der Waals surface area contributed by atoms with Crippen LogP contribution in [0.15, 0.2) is 28.7 Å². The van der Waals surface area contributed by atoms with Gasteiger partial charge in [0, 0.05) is 16.5 Å². The molecule has 94 valence electrons. The predicted octanol–water partition coefficient (Wildman–Crippen LogP) is 2.58. The molecular formula is C13H14BrN3O. The Labute approximate surface area is 114 Å². The van der Waals surface area contributed by atoms with Gasteiger partial charge in [0.15, 0.2) is 5.82 Å². The Bertz CT molecular complexity index is 550. The van der Waals surface area contributed by atoms with Gasteiger partial charge in [-0.25, -0.2) is 9.67 Å². The first kappa shape index (κ1) is 11.9. The fourth-order valence-electron chi connectivity index (χ4n) is 2.33. The third kappa shape index (κ3) is 2.08. The number of aryl methyl sites for hydroxylation is 1. The number of hydrogen-bond donors (Lipinski definition) is 1. The third-order valence-corrected chi connectivity index (χ3v) is 3.83. The van der Waals surface area contributed by atoms with E-state index >= 15 is 0 Å². The van der Waals surface area contributed by atoms with Crippen LogP contribution >= 0.6 is 15.9 Å². The maximum atomic E-state index is 9.36. The van der Waals surface area contributed by atoms with E-state index in [4.69, 9.17) is 0 Å². The number of aliphatic hydroxyl groups is 1. The lowest BCUT2D eigenvalue weighted by Crippen LogP contribution is -2.21. The van der Waals surface area contributed by atoms with Crippen molar-refractivity contribution >= 4 is 15.9 Å².